The van der Waals surface area contributed by atoms with Gasteiger partial charge in [-0.25, -0.2) is 9.97 Å². The van der Waals surface area contributed by atoms with E-state index < -0.39 is 17.1 Å². The van der Waals surface area contributed by atoms with E-state index in [1.165, 1.54) is 6.33 Å². The number of carbonyl (C=O) groups is 1. The molecule has 0 unspecified atom stereocenters. The maximum absolute atomic E-state index is 13.7. The highest BCUT2D eigenvalue weighted by molar-refractivity contribution is 6.31. The van der Waals surface area contributed by atoms with Gasteiger partial charge in [0, 0.05) is 33.9 Å². The molecule has 34 heavy (non-hydrogen) atoms. The first-order valence-corrected chi connectivity index (χ1v) is 12.2. The van der Waals surface area contributed by atoms with Crippen LogP contribution in [0.25, 0.3) is 10.9 Å². The Bertz CT molecular complexity index is 1200. The molecule has 0 spiro atoms. The number of carbonyl (C=O) groups excluding carboxylic acids is 1. The van der Waals surface area contributed by atoms with Gasteiger partial charge in [0.2, 0.25) is 5.91 Å². The highest BCUT2D eigenvalue weighted by Gasteiger charge is 2.50. The number of benzene rings is 2. The third-order valence-corrected chi connectivity index (χ3v) is 7.39. The number of nitrogens with one attached hydrogen (secondary N) is 1. The molecule has 2 N–H and O–H groups in total. The second-order valence-corrected chi connectivity index (χ2v) is 10.9. The van der Waals surface area contributed by atoms with Crippen molar-refractivity contribution in [1.29, 1.82) is 0 Å². The summed E-state index contributed by atoms with van der Waals surface area (Å²) in [6.07, 6.45) is 1.91. The maximum Gasteiger partial charge on any atom is 0.245 e. The molecule has 0 radical (unpaired) electrons. The Hall–Kier alpha value is -2.41. The Morgan fingerprint density at radius 3 is 2.41 bits per heavy atom. The van der Waals surface area contributed by atoms with E-state index in [1.807, 2.05) is 50.8 Å². The number of aromatic nitrogens is 2. The fourth-order valence-corrected chi connectivity index (χ4v) is 5.07. The molecule has 0 aliphatic carbocycles. The van der Waals surface area contributed by atoms with Crippen molar-refractivity contribution in [2.75, 3.05) is 18.4 Å². The van der Waals surface area contributed by atoms with Gasteiger partial charge in [-0.3, -0.25) is 4.79 Å². The Morgan fingerprint density at radius 1 is 1.09 bits per heavy atom. The fraction of sp³-hybridized carbons (Fsp3) is 0.423. The van der Waals surface area contributed by atoms with Crippen molar-refractivity contribution in [3.05, 3.63) is 64.4 Å². The molecule has 1 saturated heterocycles. The topological polar surface area (TPSA) is 78.4 Å². The monoisotopic (exact) mass is 500 g/mol. The van der Waals surface area contributed by atoms with Crippen LogP contribution >= 0.6 is 23.2 Å². The van der Waals surface area contributed by atoms with E-state index in [0.29, 0.717) is 40.9 Å². The average Bonchev–Trinajstić information content (AvgIpc) is 2.78. The molecule has 1 amide bonds. The number of anilines is 1. The number of halogens is 2. The highest BCUT2D eigenvalue weighted by atomic mass is 35.5. The molecule has 1 aromatic heterocycles. The minimum atomic E-state index is -1.06. The van der Waals surface area contributed by atoms with Crippen molar-refractivity contribution in [3.8, 4) is 0 Å². The van der Waals surface area contributed by atoms with Crippen molar-refractivity contribution < 1.29 is 9.90 Å². The van der Waals surface area contributed by atoms with E-state index in [0.717, 1.165) is 10.9 Å². The summed E-state index contributed by atoms with van der Waals surface area (Å²) >= 11 is 12.2. The van der Waals surface area contributed by atoms with Crippen LogP contribution in [0, 0.1) is 11.3 Å². The summed E-state index contributed by atoms with van der Waals surface area (Å²) in [4.78, 5) is 24.3. The molecule has 0 bridgehead atoms. The van der Waals surface area contributed by atoms with Crippen LogP contribution < -0.4 is 5.32 Å². The standard InChI is InChI=1S/C26H30Cl2N4O2/c1-16(2)22(31-23-20-10-9-19(28)13-21(20)29-15-30-23)24(33)32-12-11-26(34,25(3,4)14-32)17-5-7-18(27)8-6-17/h5-10,13,15-16,22,34H,11-12,14H2,1-4H3,(H,29,30,31)/t22-,26+/m1/s1. The van der Waals surface area contributed by atoms with Crippen molar-refractivity contribution in [3.63, 3.8) is 0 Å². The number of aliphatic hydroxyl groups is 1. The first-order chi connectivity index (χ1) is 16.0. The molecule has 1 aliphatic rings. The maximum atomic E-state index is 13.7. The summed E-state index contributed by atoms with van der Waals surface area (Å²) in [6, 6.07) is 12.3. The van der Waals surface area contributed by atoms with Crippen LogP contribution in [0.1, 0.15) is 39.7 Å². The molecule has 6 nitrogen and oxygen atoms in total. The predicted molar refractivity (Wildman–Crippen MR) is 137 cm³/mol. The number of hydrogen-bond acceptors (Lipinski definition) is 5. The molecule has 180 valence electrons. The smallest absolute Gasteiger partial charge is 0.245 e. The van der Waals surface area contributed by atoms with Gasteiger partial charge in [0.05, 0.1) is 11.1 Å². The Balaban J connectivity index is 1.57. The lowest BCUT2D eigenvalue weighted by molar-refractivity contribution is -0.154. The second-order valence-electron chi connectivity index (χ2n) is 10.0. The normalized spacial score (nSPS) is 21.0. The van der Waals surface area contributed by atoms with Gasteiger partial charge >= 0.3 is 0 Å². The number of nitrogens with zero attached hydrogens (tertiary/aromatic N) is 3. The van der Waals surface area contributed by atoms with Crippen LogP contribution in [-0.4, -0.2) is 45.0 Å². The van der Waals surface area contributed by atoms with Crippen molar-refractivity contribution >= 4 is 45.8 Å². The van der Waals surface area contributed by atoms with Crippen LogP contribution in [0.5, 0.6) is 0 Å². The minimum Gasteiger partial charge on any atom is -0.384 e. The van der Waals surface area contributed by atoms with Crippen molar-refractivity contribution in [2.24, 2.45) is 11.3 Å². The molecule has 3 aromatic rings. The lowest BCUT2D eigenvalue weighted by atomic mass is 9.66. The van der Waals surface area contributed by atoms with Crippen LogP contribution in [-0.2, 0) is 10.4 Å². The SMILES string of the molecule is CC(C)[C@@H](Nc1ncnc2cc(Cl)ccc12)C(=O)N1CC[C@](O)(c2ccc(Cl)cc2)C(C)(C)C1. The lowest BCUT2D eigenvalue weighted by Crippen LogP contribution is -2.59. The molecule has 8 heteroatoms. The fourth-order valence-electron chi connectivity index (χ4n) is 4.77. The zero-order chi connectivity index (χ0) is 24.7. The van der Waals surface area contributed by atoms with Gasteiger partial charge in [-0.2, -0.15) is 0 Å². The number of hydrogen-bond donors (Lipinski definition) is 2. The van der Waals surface area contributed by atoms with Crippen LogP contribution in [0.15, 0.2) is 48.8 Å². The summed E-state index contributed by atoms with van der Waals surface area (Å²) in [7, 11) is 0. The van der Waals surface area contributed by atoms with E-state index in [-0.39, 0.29) is 11.8 Å². The zero-order valence-electron chi connectivity index (χ0n) is 19.8. The van der Waals surface area contributed by atoms with E-state index in [2.05, 4.69) is 15.3 Å². The number of piperidine rings is 1. The van der Waals surface area contributed by atoms with Gasteiger partial charge in [-0.1, -0.05) is 63.0 Å². The molecule has 2 heterocycles. The van der Waals surface area contributed by atoms with E-state index >= 15 is 0 Å². The second kappa shape index (κ2) is 9.33. The van der Waals surface area contributed by atoms with Gasteiger partial charge in [-0.15, -0.1) is 0 Å². The van der Waals surface area contributed by atoms with E-state index in [9.17, 15) is 9.90 Å². The lowest BCUT2D eigenvalue weighted by Gasteiger charge is -2.51. The largest absolute Gasteiger partial charge is 0.384 e. The number of rotatable bonds is 5. The summed E-state index contributed by atoms with van der Waals surface area (Å²) in [6.45, 7) is 8.90. The summed E-state index contributed by atoms with van der Waals surface area (Å²) in [5.74, 6) is 0.606. The quantitative estimate of drug-likeness (QED) is 0.482. The van der Waals surface area contributed by atoms with Crippen LogP contribution in [0.4, 0.5) is 5.82 Å². The molecule has 2 atom stereocenters. The summed E-state index contributed by atoms with van der Waals surface area (Å²) < 4.78 is 0. The van der Waals surface area contributed by atoms with Crippen LogP contribution in [0.2, 0.25) is 10.0 Å². The molecule has 1 fully saturated rings. The van der Waals surface area contributed by atoms with Gasteiger partial charge in [0.1, 0.15) is 18.2 Å². The third-order valence-electron chi connectivity index (χ3n) is 6.91. The Kier molecular flexibility index (Phi) is 6.78. The Morgan fingerprint density at radius 2 is 1.76 bits per heavy atom. The molecule has 0 saturated carbocycles. The molecule has 4 rings (SSSR count). The van der Waals surface area contributed by atoms with Gasteiger partial charge in [0.25, 0.3) is 0 Å². The van der Waals surface area contributed by atoms with Crippen LogP contribution in [0.3, 0.4) is 0 Å². The summed E-state index contributed by atoms with van der Waals surface area (Å²) in [5, 5.41) is 17.1. The molecular formula is C26H30Cl2N4O2. The number of likely N-dealkylation sites (tertiary alicyclic amines) is 1. The first kappa shape index (κ1) is 24.7. The Labute approximate surface area is 210 Å². The first-order valence-electron chi connectivity index (χ1n) is 11.5. The van der Waals surface area contributed by atoms with E-state index in [1.54, 1.807) is 24.3 Å². The van der Waals surface area contributed by atoms with Crippen molar-refractivity contribution in [1.82, 2.24) is 14.9 Å². The third kappa shape index (κ3) is 4.59. The number of fused-ring (bicyclic) bond motifs is 1. The predicted octanol–water partition coefficient (Wildman–Crippen LogP) is 5.52. The van der Waals surface area contributed by atoms with Gasteiger partial charge in [0.15, 0.2) is 0 Å². The summed E-state index contributed by atoms with van der Waals surface area (Å²) in [5.41, 5.74) is -0.0861. The molecular weight excluding hydrogens is 471 g/mol. The minimum absolute atomic E-state index is 0.0121. The zero-order valence-corrected chi connectivity index (χ0v) is 21.4. The van der Waals surface area contributed by atoms with Crippen molar-refractivity contribution in [2.45, 2.75) is 45.8 Å². The molecule has 1 aliphatic heterocycles. The van der Waals surface area contributed by atoms with Gasteiger partial charge in [-0.05, 0) is 48.2 Å². The average molecular weight is 501 g/mol. The molecule has 2 aromatic carbocycles. The highest BCUT2D eigenvalue weighted by Crippen LogP contribution is 2.46. The van der Waals surface area contributed by atoms with Gasteiger partial charge < -0.3 is 15.3 Å². The van der Waals surface area contributed by atoms with E-state index in [4.69, 9.17) is 23.2 Å². The number of amides is 1.